The topological polar surface area (TPSA) is 58.6 Å². The third-order valence-corrected chi connectivity index (χ3v) is 4.88. The average Bonchev–Trinajstić information content (AvgIpc) is 3.46. The Kier molecular flexibility index (Phi) is 5.68. The molecule has 0 unspecified atom stereocenters. The predicted molar refractivity (Wildman–Crippen MR) is 91.4 cm³/mol. The number of amides is 2. The zero-order valence-corrected chi connectivity index (χ0v) is 14.6. The van der Waals surface area contributed by atoms with Gasteiger partial charge in [0.25, 0.3) is 0 Å². The second-order valence-corrected chi connectivity index (χ2v) is 6.88. The number of rotatable bonds is 6. The Balaban J connectivity index is 1.54. The number of morpholine rings is 1. The number of hydrogen-bond donors (Lipinski definition) is 1. The molecule has 0 spiro atoms. The van der Waals surface area contributed by atoms with E-state index in [0.717, 1.165) is 18.4 Å². The van der Waals surface area contributed by atoms with Gasteiger partial charge in [0.2, 0.25) is 11.8 Å². The second kappa shape index (κ2) is 7.95. The van der Waals surface area contributed by atoms with Crippen LogP contribution in [0.3, 0.4) is 0 Å². The lowest BCUT2D eigenvalue weighted by Crippen LogP contribution is -2.41. The molecule has 1 saturated carbocycles. The molecule has 1 atom stereocenters. The van der Waals surface area contributed by atoms with Gasteiger partial charge in [-0.2, -0.15) is 0 Å². The fourth-order valence-corrected chi connectivity index (χ4v) is 3.20. The van der Waals surface area contributed by atoms with Gasteiger partial charge in [-0.1, -0.05) is 12.1 Å². The van der Waals surface area contributed by atoms with Crippen LogP contribution in [0.5, 0.6) is 0 Å². The Morgan fingerprint density at radius 1 is 1.28 bits per heavy atom. The minimum absolute atomic E-state index is 0.000881. The molecular formula is C19H25FN2O3. The maximum absolute atomic E-state index is 13.5. The lowest BCUT2D eigenvalue weighted by Gasteiger charge is -2.27. The van der Waals surface area contributed by atoms with Crippen LogP contribution >= 0.6 is 0 Å². The molecule has 1 aliphatic heterocycles. The van der Waals surface area contributed by atoms with Crippen LogP contribution in [0.15, 0.2) is 18.2 Å². The lowest BCUT2D eigenvalue weighted by molar-refractivity contribution is -0.137. The second-order valence-electron chi connectivity index (χ2n) is 6.88. The van der Waals surface area contributed by atoms with E-state index in [1.54, 1.807) is 24.0 Å². The van der Waals surface area contributed by atoms with Crippen molar-refractivity contribution in [3.05, 3.63) is 35.1 Å². The minimum Gasteiger partial charge on any atom is -0.378 e. The van der Waals surface area contributed by atoms with E-state index < -0.39 is 0 Å². The Morgan fingerprint density at radius 2 is 2.00 bits per heavy atom. The summed E-state index contributed by atoms with van der Waals surface area (Å²) in [7, 11) is 0. The number of carbonyl (C=O) groups excluding carboxylic acids is 2. The summed E-state index contributed by atoms with van der Waals surface area (Å²) >= 11 is 0. The van der Waals surface area contributed by atoms with Crippen molar-refractivity contribution in [2.45, 2.75) is 38.6 Å². The summed E-state index contributed by atoms with van der Waals surface area (Å²) in [5, 5.41) is 3.04. The molecule has 1 N–H and O–H groups in total. The van der Waals surface area contributed by atoms with Gasteiger partial charge >= 0.3 is 0 Å². The lowest BCUT2D eigenvalue weighted by atomic mass is 10.00. The summed E-state index contributed by atoms with van der Waals surface area (Å²) in [6.07, 6.45) is 2.52. The van der Waals surface area contributed by atoms with E-state index >= 15 is 0 Å². The molecule has 2 aliphatic rings. The summed E-state index contributed by atoms with van der Waals surface area (Å²) in [5.74, 6) is 0.0454. The van der Waals surface area contributed by atoms with Crippen LogP contribution in [0.2, 0.25) is 0 Å². The van der Waals surface area contributed by atoms with Crippen molar-refractivity contribution >= 4 is 11.8 Å². The molecule has 0 radical (unpaired) electrons. The minimum atomic E-state index is -0.235. The van der Waals surface area contributed by atoms with E-state index in [9.17, 15) is 14.0 Å². The van der Waals surface area contributed by atoms with Gasteiger partial charge in [-0.3, -0.25) is 9.59 Å². The highest BCUT2D eigenvalue weighted by atomic mass is 19.1. The van der Waals surface area contributed by atoms with Gasteiger partial charge < -0.3 is 15.0 Å². The van der Waals surface area contributed by atoms with Crippen molar-refractivity contribution in [3.63, 3.8) is 0 Å². The molecule has 0 bridgehead atoms. The quantitative estimate of drug-likeness (QED) is 0.858. The molecule has 1 saturated heterocycles. The highest BCUT2D eigenvalue weighted by Crippen LogP contribution is 2.41. The molecule has 25 heavy (non-hydrogen) atoms. The van der Waals surface area contributed by atoms with Crippen LogP contribution in [0.1, 0.15) is 42.9 Å². The highest BCUT2D eigenvalue weighted by molar-refractivity contribution is 5.84. The van der Waals surface area contributed by atoms with Gasteiger partial charge in [0.05, 0.1) is 19.3 Å². The molecule has 1 aliphatic carbocycles. The number of carbonyl (C=O) groups is 2. The normalized spacial score (nSPS) is 18.7. The zero-order valence-electron chi connectivity index (χ0n) is 14.6. The van der Waals surface area contributed by atoms with E-state index in [-0.39, 0.29) is 36.5 Å². The molecule has 2 amide bonds. The third-order valence-electron chi connectivity index (χ3n) is 4.88. The molecular weight excluding hydrogens is 323 g/mol. The first-order valence-electron chi connectivity index (χ1n) is 8.95. The van der Waals surface area contributed by atoms with Gasteiger partial charge in [-0.05, 0) is 42.9 Å². The van der Waals surface area contributed by atoms with Crippen molar-refractivity contribution < 1.29 is 18.7 Å². The molecule has 0 aromatic heterocycles. The monoisotopic (exact) mass is 348 g/mol. The number of halogens is 1. The van der Waals surface area contributed by atoms with Crippen molar-refractivity contribution in [3.8, 4) is 0 Å². The van der Waals surface area contributed by atoms with Crippen LogP contribution in [0.4, 0.5) is 4.39 Å². The average molecular weight is 348 g/mol. The Bertz CT molecular complexity index is 640. The Hall–Kier alpha value is -1.95. The molecule has 5 nitrogen and oxygen atoms in total. The van der Waals surface area contributed by atoms with Crippen LogP contribution in [-0.2, 0) is 14.3 Å². The van der Waals surface area contributed by atoms with Crippen LogP contribution < -0.4 is 5.32 Å². The number of aryl methyl sites for hydroxylation is 1. The van der Waals surface area contributed by atoms with Crippen LogP contribution in [0.25, 0.3) is 0 Å². The van der Waals surface area contributed by atoms with Crippen molar-refractivity contribution in [1.82, 2.24) is 10.2 Å². The third kappa shape index (κ3) is 4.78. The summed E-state index contributed by atoms with van der Waals surface area (Å²) in [4.78, 5) is 26.2. The van der Waals surface area contributed by atoms with E-state index in [2.05, 4.69) is 5.32 Å². The first kappa shape index (κ1) is 17.9. The molecule has 1 aromatic carbocycles. The van der Waals surface area contributed by atoms with E-state index in [1.807, 2.05) is 0 Å². The number of nitrogens with one attached hydrogen (secondary N) is 1. The molecule has 6 heteroatoms. The van der Waals surface area contributed by atoms with Crippen molar-refractivity contribution in [2.75, 3.05) is 26.3 Å². The number of benzene rings is 1. The van der Waals surface area contributed by atoms with E-state index in [1.165, 1.54) is 6.07 Å². The molecule has 136 valence electrons. The van der Waals surface area contributed by atoms with Gasteiger partial charge in [0, 0.05) is 25.9 Å². The molecule has 3 rings (SSSR count). The fraction of sp³-hybridized carbons (Fsp3) is 0.579. The highest BCUT2D eigenvalue weighted by Gasteiger charge is 2.33. The largest absolute Gasteiger partial charge is 0.378 e. The standard InChI is InChI=1S/C19H25FN2O3/c1-13-12-15(4-5-16(13)20)19(14-2-3-14)21-17(23)6-7-18(24)22-8-10-25-11-9-22/h4-5,12,14,19H,2-3,6-11H2,1H3,(H,21,23)/t19-/m1/s1. The maximum Gasteiger partial charge on any atom is 0.223 e. The first-order valence-corrected chi connectivity index (χ1v) is 8.95. The smallest absolute Gasteiger partial charge is 0.223 e. The number of hydrogen-bond acceptors (Lipinski definition) is 3. The van der Waals surface area contributed by atoms with Crippen molar-refractivity contribution in [1.29, 1.82) is 0 Å². The van der Waals surface area contributed by atoms with E-state index in [0.29, 0.717) is 37.8 Å². The van der Waals surface area contributed by atoms with Crippen molar-refractivity contribution in [2.24, 2.45) is 5.92 Å². The SMILES string of the molecule is Cc1cc([C@H](NC(=O)CCC(=O)N2CCOCC2)C2CC2)ccc1F. The molecule has 1 aromatic rings. The maximum atomic E-state index is 13.5. The molecule has 2 fully saturated rings. The Labute approximate surface area is 147 Å². The van der Waals surface area contributed by atoms with E-state index in [4.69, 9.17) is 4.74 Å². The van der Waals surface area contributed by atoms with Crippen LogP contribution in [0, 0.1) is 18.7 Å². The number of ether oxygens (including phenoxy) is 1. The molecule has 1 heterocycles. The summed E-state index contributed by atoms with van der Waals surface area (Å²) in [6.45, 7) is 4.04. The van der Waals surface area contributed by atoms with Gasteiger partial charge in [-0.25, -0.2) is 4.39 Å². The predicted octanol–water partition coefficient (Wildman–Crippen LogP) is 2.34. The Morgan fingerprint density at radius 3 is 2.64 bits per heavy atom. The first-order chi connectivity index (χ1) is 12.0. The summed E-state index contributed by atoms with van der Waals surface area (Å²) < 4.78 is 18.7. The van der Waals surface area contributed by atoms with Crippen LogP contribution in [-0.4, -0.2) is 43.0 Å². The fourth-order valence-electron chi connectivity index (χ4n) is 3.20. The summed E-state index contributed by atoms with van der Waals surface area (Å²) in [6, 6.07) is 4.90. The number of nitrogens with zero attached hydrogens (tertiary/aromatic N) is 1. The van der Waals surface area contributed by atoms with Gasteiger partial charge in [0.15, 0.2) is 0 Å². The summed E-state index contributed by atoms with van der Waals surface area (Å²) in [5.41, 5.74) is 1.52. The van der Waals surface area contributed by atoms with Gasteiger partial charge in [0.1, 0.15) is 5.82 Å². The van der Waals surface area contributed by atoms with Gasteiger partial charge in [-0.15, -0.1) is 0 Å². The zero-order chi connectivity index (χ0) is 17.8.